The highest BCUT2D eigenvalue weighted by molar-refractivity contribution is 7.97. The highest BCUT2D eigenvalue weighted by atomic mass is 35.5. The topological polar surface area (TPSA) is 38.3 Å². The number of nitrogens with one attached hydrogen (secondary N) is 1. The largest absolute Gasteiger partial charge is 0.495 e. The Bertz CT molecular complexity index is 671. The number of hydrogen-bond donors (Lipinski definition) is 1. The van der Waals surface area contributed by atoms with E-state index in [9.17, 15) is 4.79 Å². The molecule has 2 rings (SSSR count). The van der Waals surface area contributed by atoms with Crippen molar-refractivity contribution in [3.05, 3.63) is 58.1 Å². The van der Waals surface area contributed by atoms with E-state index < -0.39 is 0 Å². The van der Waals surface area contributed by atoms with Crippen molar-refractivity contribution in [2.24, 2.45) is 0 Å². The van der Waals surface area contributed by atoms with E-state index in [0.717, 1.165) is 11.3 Å². The van der Waals surface area contributed by atoms with Gasteiger partial charge < -0.3 is 10.1 Å². The van der Waals surface area contributed by atoms with Crippen molar-refractivity contribution in [3.8, 4) is 5.75 Å². The van der Waals surface area contributed by atoms with Gasteiger partial charge in [-0.25, -0.2) is 0 Å². The Morgan fingerprint density at radius 2 is 1.95 bits per heavy atom. The molecule has 0 unspecified atom stereocenters. The lowest BCUT2D eigenvalue weighted by molar-refractivity contribution is 0.102. The number of anilines is 1. The van der Waals surface area contributed by atoms with Crippen LogP contribution in [0.2, 0.25) is 5.02 Å². The van der Waals surface area contributed by atoms with Crippen molar-refractivity contribution in [2.75, 3.05) is 18.7 Å². The van der Waals surface area contributed by atoms with Crippen LogP contribution in [0, 0.1) is 6.92 Å². The quantitative estimate of drug-likeness (QED) is 0.855. The number of hydrogen-bond acceptors (Lipinski definition) is 3. The SMILES string of the molecule is COc1cc(Cl)c(C)cc1NC(=O)c1ccc(CSC)cc1. The summed E-state index contributed by atoms with van der Waals surface area (Å²) in [5, 5.41) is 3.48. The highest BCUT2D eigenvalue weighted by Crippen LogP contribution is 2.31. The Labute approximate surface area is 140 Å². The molecule has 0 heterocycles. The maximum Gasteiger partial charge on any atom is 0.255 e. The third-order valence-electron chi connectivity index (χ3n) is 3.26. The smallest absolute Gasteiger partial charge is 0.255 e. The highest BCUT2D eigenvalue weighted by Gasteiger charge is 2.12. The van der Waals surface area contributed by atoms with Crippen LogP contribution in [-0.4, -0.2) is 19.3 Å². The van der Waals surface area contributed by atoms with E-state index in [4.69, 9.17) is 16.3 Å². The molecule has 0 spiro atoms. The molecule has 0 bridgehead atoms. The van der Waals surface area contributed by atoms with Crippen LogP contribution in [0.1, 0.15) is 21.5 Å². The van der Waals surface area contributed by atoms with Crippen LogP contribution in [0.25, 0.3) is 0 Å². The number of methoxy groups -OCH3 is 1. The first-order valence-electron chi connectivity index (χ1n) is 6.78. The molecule has 116 valence electrons. The first-order valence-corrected chi connectivity index (χ1v) is 8.55. The molecule has 0 aliphatic rings. The summed E-state index contributed by atoms with van der Waals surface area (Å²) in [5.41, 5.74) is 3.30. The summed E-state index contributed by atoms with van der Waals surface area (Å²) in [6, 6.07) is 11.1. The first-order chi connectivity index (χ1) is 10.5. The summed E-state index contributed by atoms with van der Waals surface area (Å²) < 4.78 is 5.27. The minimum absolute atomic E-state index is 0.171. The molecule has 0 aliphatic heterocycles. The zero-order chi connectivity index (χ0) is 16.1. The Morgan fingerprint density at radius 3 is 2.55 bits per heavy atom. The van der Waals surface area contributed by atoms with Crippen LogP contribution in [0.5, 0.6) is 5.75 Å². The standard InChI is InChI=1S/C17H18ClNO2S/c1-11-8-15(16(21-2)9-14(11)18)19-17(20)13-6-4-12(5-7-13)10-22-3/h4-9H,10H2,1-3H3,(H,19,20). The number of aryl methyl sites for hydroxylation is 1. The molecule has 2 aromatic rings. The van der Waals surface area contributed by atoms with Crippen LogP contribution in [0.15, 0.2) is 36.4 Å². The summed E-state index contributed by atoms with van der Waals surface area (Å²) in [6.45, 7) is 1.88. The second-order valence-electron chi connectivity index (χ2n) is 4.89. The molecule has 5 heteroatoms. The average Bonchev–Trinajstić information content (AvgIpc) is 2.51. The van der Waals surface area contributed by atoms with Crippen molar-refractivity contribution in [1.29, 1.82) is 0 Å². The van der Waals surface area contributed by atoms with Crippen molar-refractivity contribution >= 4 is 35.0 Å². The molecule has 2 aromatic carbocycles. The lowest BCUT2D eigenvalue weighted by atomic mass is 10.1. The van der Waals surface area contributed by atoms with E-state index in [1.165, 1.54) is 5.56 Å². The van der Waals surface area contributed by atoms with E-state index in [1.54, 1.807) is 31.0 Å². The summed E-state index contributed by atoms with van der Waals surface area (Å²) in [5.74, 6) is 1.31. The van der Waals surface area contributed by atoms with Gasteiger partial charge in [-0.3, -0.25) is 4.79 Å². The lowest BCUT2D eigenvalue weighted by Crippen LogP contribution is -2.12. The molecule has 1 amide bonds. The zero-order valence-electron chi connectivity index (χ0n) is 12.8. The van der Waals surface area contributed by atoms with Gasteiger partial charge in [0.25, 0.3) is 5.91 Å². The van der Waals surface area contributed by atoms with Gasteiger partial charge in [0.15, 0.2) is 0 Å². The van der Waals surface area contributed by atoms with Gasteiger partial charge in [0, 0.05) is 22.4 Å². The zero-order valence-corrected chi connectivity index (χ0v) is 14.3. The van der Waals surface area contributed by atoms with Gasteiger partial charge in [-0.2, -0.15) is 11.8 Å². The van der Waals surface area contributed by atoms with Crippen LogP contribution in [0.3, 0.4) is 0 Å². The molecule has 0 saturated carbocycles. The van der Waals surface area contributed by atoms with Crippen LogP contribution in [-0.2, 0) is 5.75 Å². The fourth-order valence-electron chi connectivity index (χ4n) is 2.04. The normalized spacial score (nSPS) is 10.4. The fraction of sp³-hybridized carbons (Fsp3) is 0.235. The predicted molar refractivity (Wildman–Crippen MR) is 94.4 cm³/mol. The molecule has 0 saturated heterocycles. The van der Waals surface area contributed by atoms with E-state index in [2.05, 4.69) is 11.6 Å². The predicted octanol–water partition coefficient (Wildman–Crippen LogP) is 4.77. The Hall–Kier alpha value is -1.65. The summed E-state index contributed by atoms with van der Waals surface area (Å²) in [6.07, 6.45) is 2.05. The van der Waals surface area contributed by atoms with Gasteiger partial charge in [-0.15, -0.1) is 0 Å². The number of thioether (sulfide) groups is 1. The molecule has 3 nitrogen and oxygen atoms in total. The number of amides is 1. The second kappa shape index (κ2) is 7.56. The van der Waals surface area contributed by atoms with E-state index in [0.29, 0.717) is 22.0 Å². The van der Waals surface area contributed by atoms with Gasteiger partial charge in [-0.05, 0) is 42.5 Å². The van der Waals surface area contributed by atoms with Crippen LogP contribution in [0.4, 0.5) is 5.69 Å². The maximum atomic E-state index is 12.3. The van der Waals surface area contributed by atoms with Gasteiger partial charge in [-0.1, -0.05) is 23.7 Å². The molecule has 0 fully saturated rings. The Balaban J connectivity index is 2.19. The van der Waals surface area contributed by atoms with Crippen molar-refractivity contribution < 1.29 is 9.53 Å². The van der Waals surface area contributed by atoms with Crippen LogP contribution < -0.4 is 10.1 Å². The van der Waals surface area contributed by atoms with Crippen molar-refractivity contribution in [3.63, 3.8) is 0 Å². The number of benzene rings is 2. The van der Waals surface area contributed by atoms with Gasteiger partial charge in [0.2, 0.25) is 0 Å². The number of carbonyl (C=O) groups excluding carboxylic acids is 1. The molecule has 0 aromatic heterocycles. The Kier molecular flexibility index (Phi) is 5.75. The summed E-state index contributed by atoms with van der Waals surface area (Å²) in [4.78, 5) is 12.3. The third-order valence-corrected chi connectivity index (χ3v) is 4.29. The van der Waals surface area contributed by atoms with Crippen LogP contribution >= 0.6 is 23.4 Å². The number of ether oxygens (including phenoxy) is 1. The van der Waals surface area contributed by atoms with Crippen molar-refractivity contribution in [2.45, 2.75) is 12.7 Å². The van der Waals surface area contributed by atoms with Crippen molar-refractivity contribution in [1.82, 2.24) is 0 Å². The Morgan fingerprint density at radius 1 is 1.27 bits per heavy atom. The van der Waals surface area contributed by atoms with Gasteiger partial charge in [0.1, 0.15) is 5.75 Å². The summed E-state index contributed by atoms with van der Waals surface area (Å²) in [7, 11) is 1.55. The van der Waals surface area contributed by atoms with Gasteiger partial charge in [0.05, 0.1) is 12.8 Å². The first kappa shape index (κ1) is 16.7. The fourth-order valence-corrected chi connectivity index (χ4v) is 2.72. The van der Waals surface area contributed by atoms with E-state index in [1.807, 2.05) is 31.2 Å². The van der Waals surface area contributed by atoms with Gasteiger partial charge >= 0.3 is 0 Å². The third kappa shape index (κ3) is 3.96. The minimum atomic E-state index is -0.171. The second-order valence-corrected chi connectivity index (χ2v) is 6.16. The number of carbonyl (C=O) groups is 1. The minimum Gasteiger partial charge on any atom is -0.495 e. The summed E-state index contributed by atoms with van der Waals surface area (Å²) >= 11 is 7.82. The lowest BCUT2D eigenvalue weighted by Gasteiger charge is -2.12. The molecule has 1 N–H and O–H groups in total. The average molecular weight is 336 g/mol. The molecule has 0 aliphatic carbocycles. The number of halogens is 1. The molecular formula is C17H18ClNO2S. The van der Waals surface area contributed by atoms with E-state index in [-0.39, 0.29) is 5.91 Å². The molecule has 22 heavy (non-hydrogen) atoms. The number of rotatable bonds is 5. The molecular weight excluding hydrogens is 318 g/mol. The molecule has 0 radical (unpaired) electrons. The molecule has 0 atom stereocenters. The van der Waals surface area contributed by atoms with E-state index >= 15 is 0 Å². The maximum absolute atomic E-state index is 12.3. The monoisotopic (exact) mass is 335 g/mol.